The van der Waals surface area contributed by atoms with Gasteiger partial charge in [-0.1, -0.05) is 0 Å². The molecule has 5 nitrogen and oxygen atoms in total. The van der Waals surface area contributed by atoms with Gasteiger partial charge in [0.15, 0.2) is 5.82 Å². The normalized spacial score (nSPS) is 14.4. The highest BCUT2D eigenvalue weighted by molar-refractivity contribution is 5.46. The van der Waals surface area contributed by atoms with Gasteiger partial charge in [0, 0.05) is 20.1 Å². The second kappa shape index (κ2) is 3.18. The van der Waals surface area contributed by atoms with Crippen LogP contribution in [-0.2, 0) is 20.1 Å². The van der Waals surface area contributed by atoms with E-state index in [1.54, 1.807) is 0 Å². The first kappa shape index (κ1) is 9.59. The summed E-state index contributed by atoms with van der Waals surface area (Å²) in [6.45, 7) is 5.57. The molecular formula is C11H14N4O. The zero-order valence-corrected chi connectivity index (χ0v) is 9.66. The van der Waals surface area contributed by atoms with E-state index in [1.807, 2.05) is 20.9 Å². The summed E-state index contributed by atoms with van der Waals surface area (Å²) in [5, 5.41) is 3.27. The van der Waals surface area contributed by atoms with Crippen molar-refractivity contribution in [3.05, 3.63) is 22.8 Å². The number of hydrogen-bond donors (Lipinski definition) is 1. The molecule has 1 N–H and O–H groups in total. The number of aryl methyl sites for hydroxylation is 2. The molecule has 1 aliphatic heterocycles. The first-order chi connectivity index (χ1) is 7.66. The maximum atomic E-state index is 5.60. The van der Waals surface area contributed by atoms with E-state index in [-0.39, 0.29) is 0 Å². The molecular weight excluding hydrogens is 204 g/mol. The molecule has 2 aromatic heterocycles. The number of aromatic nitrogens is 3. The zero-order chi connectivity index (χ0) is 11.3. The molecule has 0 fully saturated rings. The van der Waals surface area contributed by atoms with Crippen LogP contribution in [0.1, 0.15) is 22.8 Å². The Balaban J connectivity index is 2.13. The Hall–Kier alpha value is -1.62. The third-order valence-corrected chi connectivity index (χ3v) is 3.10. The summed E-state index contributed by atoms with van der Waals surface area (Å²) >= 11 is 0. The summed E-state index contributed by atoms with van der Waals surface area (Å²) < 4.78 is 7.66. The minimum absolute atomic E-state index is 0.618. The van der Waals surface area contributed by atoms with Crippen LogP contribution >= 0.6 is 0 Å². The lowest BCUT2D eigenvalue weighted by Gasteiger charge is -2.00. The van der Waals surface area contributed by atoms with E-state index in [1.165, 1.54) is 5.69 Å². The van der Waals surface area contributed by atoms with Crippen LogP contribution in [0.3, 0.4) is 0 Å². The van der Waals surface area contributed by atoms with Crippen LogP contribution in [0.4, 0.5) is 0 Å². The lowest BCUT2D eigenvalue weighted by Crippen LogP contribution is -2.06. The Morgan fingerprint density at radius 3 is 2.69 bits per heavy atom. The van der Waals surface area contributed by atoms with Crippen molar-refractivity contribution in [2.75, 3.05) is 0 Å². The van der Waals surface area contributed by atoms with E-state index in [0.29, 0.717) is 5.89 Å². The summed E-state index contributed by atoms with van der Waals surface area (Å²) in [4.78, 5) is 8.94. The minimum atomic E-state index is 0.618. The van der Waals surface area contributed by atoms with E-state index >= 15 is 0 Å². The highest BCUT2D eigenvalue weighted by atomic mass is 16.4. The van der Waals surface area contributed by atoms with Crippen molar-refractivity contribution in [2.24, 2.45) is 7.05 Å². The molecule has 84 valence electrons. The summed E-state index contributed by atoms with van der Waals surface area (Å²) in [5.74, 6) is 2.30. The molecule has 0 atom stereocenters. The van der Waals surface area contributed by atoms with Gasteiger partial charge in [-0.05, 0) is 13.8 Å². The molecule has 3 heterocycles. The first-order valence-electron chi connectivity index (χ1n) is 5.36. The van der Waals surface area contributed by atoms with Crippen molar-refractivity contribution in [3.8, 4) is 11.7 Å². The minimum Gasteiger partial charge on any atom is -0.439 e. The summed E-state index contributed by atoms with van der Waals surface area (Å²) in [7, 11) is 2.00. The molecule has 5 heteroatoms. The fourth-order valence-corrected chi connectivity index (χ4v) is 2.01. The standard InChI is InChI=1S/C11H14N4O/c1-6-7(2)16-11(13-6)10-14-8-4-12-5-9(8)15(10)3/h12H,4-5H2,1-3H3. The number of oxazole rings is 1. The highest BCUT2D eigenvalue weighted by Gasteiger charge is 2.22. The average Bonchev–Trinajstić information content (AvgIpc) is 2.87. The van der Waals surface area contributed by atoms with Crippen LogP contribution in [-0.4, -0.2) is 14.5 Å². The van der Waals surface area contributed by atoms with Gasteiger partial charge in [0.25, 0.3) is 5.89 Å². The summed E-state index contributed by atoms with van der Waals surface area (Å²) in [6.07, 6.45) is 0. The lowest BCUT2D eigenvalue weighted by molar-refractivity contribution is 0.532. The maximum absolute atomic E-state index is 5.60. The van der Waals surface area contributed by atoms with Crippen LogP contribution in [0.15, 0.2) is 4.42 Å². The number of nitrogens with zero attached hydrogens (tertiary/aromatic N) is 3. The third-order valence-electron chi connectivity index (χ3n) is 3.10. The van der Waals surface area contributed by atoms with Gasteiger partial charge in [0.1, 0.15) is 5.76 Å². The number of fused-ring (bicyclic) bond motifs is 1. The van der Waals surface area contributed by atoms with Crippen molar-refractivity contribution in [1.82, 2.24) is 19.9 Å². The second-order valence-corrected chi connectivity index (χ2v) is 4.15. The van der Waals surface area contributed by atoms with Crippen LogP contribution in [0, 0.1) is 13.8 Å². The van der Waals surface area contributed by atoms with Gasteiger partial charge < -0.3 is 14.3 Å². The van der Waals surface area contributed by atoms with Crippen LogP contribution in [0.5, 0.6) is 0 Å². The summed E-state index contributed by atoms with van der Waals surface area (Å²) in [6, 6.07) is 0. The molecule has 2 aromatic rings. The number of rotatable bonds is 1. The molecule has 3 rings (SSSR count). The van der Waals surface area contributed by atoms with Crippen molar-refractivity contribution >= 4 is 0 Å². The largest absolute Gasteiger partial charge is 0.439 e. The average molecular weight is 218 g/mol. The van der Waals surface area contributed by atoms with Gasteiger partial charge in [-0.3, -0.25) is 0 Å². The Kier molecular flexibility index (Phi) is 1.91. The Morgan fingerprint density at radius 1 is 1.25 bits per heavy atom. The maximum Gasteiger partial charge on any atom is 0.263 e. The first-order valence-corrected chi connectivity index (χ1v) is 5.36. The lowest BCUT2D eigenvalue weighted by atomic mass is 10.4. The predicted octanol–water partition coefficient (Wildman–Crippen LogP) is 1.30. The summed E-state index contributed by atoms with van der Waals surface area (Å²) in [5.41, 5.74) is 3.26. The van der Waals surface area contributed by atoms with Crippen molar-refractivity contribution < 1.29 is 4.42 Å². The van der Waals surface area contributed by atoms with E-state index in [4.69, 9.17) is 4.42 Å². The Labute approximate surface area is 93.5 Å². The van der Waals surface area contributed by atoms with Gasteiger partial charge in [-0.25, -0.2) is 9.97 Å². The quantitative estimate of drug-likeness (QED) is 0.783. The van der Waals surface area contributed by atoms with E-state index in [2.05, 4.69) is 19.9 Å². The Morgan fingerprint density at radius 2 is 2.06 bits per heavy atom. The molecule has 0 aromatic carbocycles. The number of imidazole rings is 1. The molecule has 0 radical (unpaired) electrons. The number of nitrogens with one attached hydrogen (secondary N) is 1. The molecule has 1 aliphatic rings. The fraction of sp³-hybridized carbons (Fsp3) is 0.455. The molecule has 0 spiro atoms. The van der Waals surface area contributed by atoms with Crippen LogP contribution in [0.25, 0.3) is 11.7 Å². The van der Waals surface area contributed by atoms with Gasteiger partial charge in [0.2, 0.25) is 0 Å². The molecule has 0 saturated heterocycles. The smallest absolute Gasteiger partial charge is 0.263 e. The van der Waals surface area contributed by atoms with Gasteiger partial charge in [0.05, 0.1) is 17.1 Å². The molecule has 0 unspecified atom stereocenters. The van der Waals surface area contributed by atoms with Gasteiger partial charge in [-0.2, -0.15) is 0 Å². The van der Waals surface area contributed by atoms with Gasteiger partial charge >= 0.3 is 0 Å². The number of hydrogen-bond acceptors (Lipinski definition) is 4. The molecule has 0 amide bonds. The Bertz CT molecular complexity index is 533. The topological polar surface area (TPSA) is 55.9 Å². The zero-order valence-electron chi connectivity index (χ0n) is 9.66. The third kappa shape index (κ3) is 1.21. The van der Waals surface area contributed by atoms with E-state index < -0.39 is 0 Å². The molecule has 16 heavy (non-hydrogen) atoms. The van der Waals surface area contributed by atoms with Crippen molar-refractivity contribution in [3.63, 3.8) is 0 Å². The van der Waals surface area contributed by atoms with Crippen LogP contribution in [0.2, 0.25) is 0 Å². The second-order valence-electron chi connectivity index (χ2n) is 4.15. The van der Waals surface area contributed by atoms with E-state index in [0.717, 1.165) is 36.1 Å². The predicted molar refractivity (Wildman–Crippen MR) is 58.7 cm³/mol. The van der Waals surface area contributed by atoms with Crippen molar-refractivity contribution in [2.45, 2.75) is 26.9 Å². The highest BCUT2D eigenvalue weighted by Crippen LogP contribution is 2.24. The molecule has 0 aliphatic carbocycles. The van der Waals surface area contributed by atoms with E-state index in [9.17, 15) is 0 Å². The van der Waals surface area contributed by atoms with Crippen LogP contribution < -0.4 is 5.32 Å². The SMILES string of the molecule is Cc1nc(-c2nc3c(n2C)CNC3)oc1C. The molecule has 0 bridgehead atoms. The monoisotopic (exact) mass is 218 g/mol. The molecule has 0 saturated carbocycles. The fourth-order valence-electron chi connectivity index (χ4n) is 2.01. The van der Waals surface area contributed by atoms with Crippen molar-refractivity contribution in [1.29, 1.82) is 0 Å². The van der Waals surface area contributed by atoms with Gasteiger partial charge in [-0.15, -0.1) is 0 Å².